The van der Waals surface area contributed by atoms with Crippen molar-refractivity contribution in [3.8, 4) is 0 Å². The van der Waals surface area contributed by atoms with Crippen LogP contribution in [0.5, 0.6) is 0 Å². The topological polar surface area (TPSA) is 65.4 Å². The number of carbonyl (C=O) groups excluding carboxylic acids is 1. The number of hydrogen-bond donors (Lipinski definition) is 1. The molecule has 0 radical (unpaired) electrons. The number of aromatic amines is 1. The monoisotopic (exact) mass is 370 g/mol. The Bertz CT molecular complexity index is 752. The molecule has 146 valence electrons. The molecule has 4 rings (SSSR count). The van der Waals surface area contributed by atoms with Gasteiger partial charge in [-0.15, -0.1) is 0 Å². The van der Waals surface area contributed by atoms with E-state index in [4.69, 9.17) is 4.42 Å². The number of fused-ring (bicyclic) bond motifs is 1. The van der Waals surface area contributed by atoms with E-state index < -0.39 is 0 Å². The highest BCUT2D eigenvalue weighted by molar-refractivity contribution is 5.79. The van der Waals surface area contributed by atoms with Crippen molar-refractivity contribution >= 4 is 5.91 Å². The maximum absolute atomic E-state index is 13.0. The molecule has 27 heavy (non-hydrogen) atoms. The summed E-state index contributed by atoms with van der Waals surface area (Å²) in [5, 5.41) is 7.75. The van der Waals surface area contributed by atoms with Gasteiger partial charge >= 0.3 is 0 Å². The van der Waals surface area contributed by atoms with Gasteiger partial charge in [-0.3, -0.25) is 14.8 Å². The Kier molecular flexibility index (Phi) is 5.62. The third kappa shape index (κ3) is 4.26. The normalized spacial score (nSPS) is 20.9. The molecule has 2 aliphatic rings. The first kappa shape index (κ1) is 18.3. The van der Waals surface area contributed by atoms with Gasteiger partial charge in [0.05, 0.1) is 31.0 Å². The van der Waals surface area contributed by atoms with Crippen LogP contribution >= 0.6 is 0 Å². The van der Waals surface area contributed by atoms with E-state index in [0.29, 0.717) is 6.54 Å². The van der Waals surface area contributed by atoms with E-state index in [-0.39, 0.29) is 11.8 Å². The number of rotatable bonds is 5. The Morgan fingerprint density at radius 2 is 2.22 bits per heavy atom. The Morgan fingerprint density at radius 1 is 1.33 bits per heavy atom. The molecule has 2 aromatic heterocycles. The molecule has 1 fully saturated rings. The first-order valence-corrected chi connectivity index (χ1v) is 10.3. The first-order chi connectivity index (χ1) is 13.2. The number of amides is 1. The third-order valence-electron chi connectivity index (χ3n) is 5.97. The fraction of sp³-hybridized carbons (Fsp3) is 0.619. The molecule has 1 amide bonds. The van der Waals surface area contributed by atoms with E-state index in [1.807, 2.05) is 24.1 Å². The molecule has 2 aromatic rings. The maximum atomic E-state index is 13.0. The molecule has 6 nitrogen and oxygen atoms in total. The lowest BCUT2D eigenvalue weighted by atomic mass is 9.96. The summed E-state index contributed by atoms with van der Waals surface area (Å²) in [5.41, 5.74) is 3.70. The zero-order valence-corrected chi connectivity index (χ0v) is 16.2. The van der Waals surface area contributed by atoms with E-state index in [0.717, 1.165) is 56.8 Å². The summed E-state index contributed by atoms with van der Waals surface area (Å²) in [4.78, 5) is 17.3. The van der Waals surface area contributed by atoms with Gasteiger partial charge < -0.3 is 9.32 Å². The molecule has 1 aliphatic carbocycles. The third-order valence-corrected chi connectivity index (χ3v) is 5.97. The minimum Gasteiger partial charge on any atom is -0.468 e. The van der Waals surface area contributed by atoms with Gasteiger partial charge in [-0.1, -0.05) is 6.42 Å². The standard InChI is InChI=1S/C21H30N4O2/c1-24(15-20-18-9-3-2-4-10-19(18)22-23-20)21(26)16-7-5-11-25(13-16)14-17-8-6-12-27-17/h6,8,12,16H,2-5,7,9-11,13-15H2,1H3,(H,22,23). The van der Waals surface area contributed by atoms with E-state index >= 15 is 0 Å². The Morgan fingerprint density at radius 3 is 3.07 bits per heavy atom. The van der Waals surface area contributed by atoms with Crippen LogP contribution in [-0.4, -0.2) is 46.0 Å². The number of aromatic nitrogens is 2. The lowest BCUT2D eigenvalue weighted by Crippen LogP contribution is -2.43. The molecule has 1 unspecified atom stereocenters. The van der Waals surface area contributed by atoms with Gasteiger partial charge in [0.2, 0.25) is 5.91 Å². The van der Waals surface area contributed by atoms with E-state index in [9.17, 15) is 4.79 Å². The van der Waals surface area contributed by atoms with Crippen LogP contribution in [0.25, 0.3) is 0 Å². The van der Waals surface area contributed by atoms with Crippen molar-refractivity contribution in [1.82, 2.24) is 20.0 Å². The predicted molar refractivity (Wildman–Crippen MR) is 103 cm³/mol. The first-order valence-electron chi connectivity index (χ1n) is 10.3. The van der Waals surface area contributed by atoms with Gasteiger partial charge in [0.25, 0.3) is 0 Å². The number of hydrogen-bond acceptors (Lipinski definition) is 4. The number of nitrogens with one attached hydrogen (secondary N) is 1. The van der Waals surface area contributed by atoms with E-state index in [1.54, 1.807) is 6.26 Å². The molecular formula is C21H30N4O2. The molecule has 0 spiro atoms. The predicted octanol–water partition coefficient (Wildman–Crippen LogP) is 3.14. The minimum atomic E-state index is 0.0660. The molecular weight excluding hydrogens is 340 g/mol. The van der Waals surface area contributed by atoms with Crippen molar-refractivity contribution in [3.63, 3.8) is 0 Å². The van der Waals surface area contributed by atoms with Gasteiger partial charge in [-0.2, -0.15) is 5.10 Å². The molecule has 0 bridgehead atoms. The molecule has 6 heteroatoms. The average molecular weight is 370 g/mol. The molecule has 3 heterocycles. The van der Waals surface area contributed by atoms with Crippen LogP contribution in [0, 0.1) is 5.92 Å². The highest BCUT2D eigenvalue weighted by atomic mass is 16.3. The second-order valence-electron chi connectivity index (χ2n) is 8.04. The Hall–Kier alpha value is -2.08. The van der Waals surface area contributed by atoms with Gasteiger partial charge in [-0.05, 0) is 62.8 Å². The van der Waals surface area contributed by atoms with E-state index in [2.05, 4.69) is 15.1 Å². The molecule has 1 saturated heterocycles. The molecule has 1 atom stereocenters. The van der Waals surface area contributed by atoms with Crippen LogP contribution < -0.4 is 0 Å². The number of nitrogens with zero attached hydrogens (tertiary/aromatic N) is 3. The van der Waals surface area contributed by atoms with Crippen molar-refractivity contribution < 1.29 is 9.21 Å². The lowest BCUT2D eigenvalue weighted by molar-refractivity contribution is -0.136. The number of H-pyrrole nitrogens is 1. The van der Waals surface area contributed by atoms with Crippen LogP contribution in [0.15, 0.2) is 22.8 Å². The molecule has 0 aromatic carbocycles. The fourth-order valence-electron chi connectivity index (χ4n) is 4.50. The van der Waals surface area contributed by atoms with Gasteiger partial charge in [0.15, 0.2) is 0 Å². The SMILES string of the molecule is CN(Cc1n[nH]c2c1CCCCC2)C(=O)C1CCCN(Cc2ccco2)C1. The van der Waals surface area contributed by atoms with Crippen molar-refractivity contribution in [3.05, 3.63) is 41.1 Å². The molecule has 0 saturated carbocycles. The van der Waals surface area contributed by atoms with Crippen molar-refractivity contribution in [2.45, 2.75) is 58.0 Å². The zero-order valence-electron chi connectivity index (χ0n) is 16.2. The number of carbonyl (C=O) groups is 1. The summed E-state index contributed by atoms with van der Waals surface area (Å²) >= 11 is 0. The van der Waals surface area contributed by atoms with Crippen LogP contribution in [0.3, 0.4) is 0 Å². The summed E-state index contributed by atoms with van der Waals surface area (Å²) in [5.74, 6) is 1.27. The summed E-state index contributed by atoms with van der Waals surface area (Å²) in [7, 11) is 1.92. The summed E-state index contributed by atoms with van der Waals surface area (Å²) in [6.07, 6.45) is 9.65. The number of furan rings is 1. The minimum absolute atomic E-state index is 0.0660. The maximum Gasteiger partial charge on any atom is 0.227 e. The van der Waals surface area contributed by atoms with Crippen molar-refractivity contribution in [2.24, 2.45) is 5.92 Å². The second-order valence-corrected chi connectivity index (χ2v) is 8.04. The van der Waals surface area contributed by atoms with Crippen molar-refractivity contribution in [1.29, 1.82) is 0 Å². The largest absolute Gasteiger partial charge is 0.468 e. The zero-order chi connectivity index (χ0) is 18.6. The van der Waals surface area contributed by atoms with Gasteiger partial charge in [0.1, 0.15) is 5.76 Å². The second kappa shape index (κ2) is 8.30. The van der Waals surface area contributed by atoms with Crippen LogP contribution in [-0.2, 0) is 30.7 Å². The lowest BCUT2D eigenvalue weighted by Gasteiger charge is -2.33. The molecule has 1 N–H and O–H groups in total. The highest BCUT2D eigenvalue weighted by Gasteiger charge is 2.29. The van der Waals surface area contributed by atoms with Crippen molar-refractivity contribution in [2.75, 3.05) is 20.1 Å². The van der Waals surface area contributed by atoms with Gasteiger partial charge in [0, 0.05) is 19.3 Å². The number of likely N-dealkylation sites (tertiary alicyclic amines) is 1. The van der Waals surface area contributed by atoms with Crippen LogP contribution in [0.2, 0.25) is 0 Å². The number of aryl methyl sites for hydroxylation is 1. The van der Waals surface area contributed by atoms with E-state index in [1.165, 1.54) is 30.5 Å². The molecule has 1 aliphatic heterocycles. The summed E-state index contributed by atoms with van der Waals surface area (Å²) in [6, 6.07) is 3.92. The Balaban J connectivity index is 1.36. The summed E-state index contributed by atoms with van der Waals surface area (Å²) in [6.45, 7) is 3.23. The van der Waals surface area contributed by atoms with Crippen LogP contribution in [0.4, 0.5) is 0 Å². The van der Waals surface area contributed by atoms with Gasteiger partial charge in [-0.25, -0.2) is 0 Å². The number of piperidine rings is 1. The quantitative estimate of drug-likeness (QED) is 0.821. The highest BCUT2D eigenvalue weighted by Crippen LogP contribution is 2.24. The average Bonchev–Trinajstić information content (AvgIpc) is 3.25. The fourth-order valence-corrected chi connectivity index (χ4v) is 4.50. The smallest absolute Gasteiger partial charge is 0.227 e. The summed E-state index contributed by atoms with van der Waals surface area (Å²) < 4.78 is 5.46. The van der Waals surface area contributed by atoms with Crippen LogP contribution in [0.1, 0.15) is 54.8 Å². The Labute approximate surface area is 160 Å².